The molecule has 2 aromatic carbocycles. The van der Waals surface area contributed by atoms with Crippen LogP contribution in [0.4, 0.5) is 5.69 Å². The number of sulfone groups is 1. The van der Waals surface area contributed by atoms with Crippen molar-refractivity contribution < 1.29 is 17.9 Å². The van der Waals surface area contributed by atoms with E-state index in [0.717, 1.165) is 23.3 Å². The summed E-state index contributed by atoms with van der Waals surface area (Å²) in [5.74, 6) is -0.930. The zero-order chi connectivity index (χ0) is 17.7. The lowest BCUT2D eigenvalue weighted by molar-refractivity contribution is -0.135. The van der Waals surface area contributed by atoms with Gasteiger partial charge in [0.2, 0.25) is 9.84 Å². The molecule has 0 aliphatic rings. The van der Waals surface area contributed by atoms with E-state index in [2.05, 4.69) is 26.0 Å². The molecule has 0 saturated carbocycles. The normalized spacial score (nSPS) is 11.9. The number of esters is 1. The first kappa shape index (κ1) is 18.2. The standard InChI is InChI=1S/C17H16BrNO4S/c1-12-3-9-15(10-4-12)24(21,22)16(17(20)23-2)11-19-14-7-5-13(18)6-8-14/h3-11,19H,1-2H3/b16-11-. The molecule has 0 atom stereocenters. The van der Waals surface area contributed by atoms with Gasteiger partial charge >= 0.3 is 5.97 Å². The fourth-order valence-electron chi connectivity index (χ4n) is 1.89. The van der Waals surface area contributed by atoms with Crippen LogP contribution in [-0.2, 0) is 19.4 Å². The maximum atomic E-state index is 12.7. The van der Waals surface area contributed by atoms with E-state index in [0.29, 0.717) is 5.69 Å². The van der Waals surface area contributed by atoms with Crippen molar-refractivity contribution in [3.63, 3.8) is 0 Å². The first-order chi connectivity index (χ1) is 11.3. The van der Waals surface area contributed by atoms with Crippen LogP contribution < -0.4 is 5.32 Å². The number of halogens is 1. The van der Waals surface area contributed by atoms with E-state index < -0.39 is 20.7 Å². The molecule has 126 valence electrons. The quantitative estimate of drug-likeness (QED) is 0.602. The van der Waals surface area contributed by atoms with E-state index in [9.17, 15) is 13.2 Å². The molecule has 0 radical (unpaired) electrons. The topological polar surface area (TPSA) is 72.5 Å². The van der Waals surface area contributed by atoms with E-state index in [-0.39, 0.29) is 4.90 Å². The van der Waals surface area contributed by atoms with E-state index in [4.69, 9.17) is 0 Å². The molecule has 0 amide bonds. The molecule has 24 heavy (non-hydrogen) atoms. The lowest BCUT2D eigenvalue weighted by Gasteiger charge is -2.09. The van der Waals surface area contributed by atoms with Crippen molar-refractivity contribution in [3.8, 4) is 0 Å². The fraction of sp³-hybridized carbons (Fsp3) is 0.118. The molecule has 0 aromatic heterocycles. The van der Waals surface area contributed by atoms with Crippen LogP contribution in [0.2, 0.25) is 0 Å². The van der Waals surface area contributed by atoms with Gasteiger partial charge in [0.15, 0.2) is 4.91 Å². The van der Waals surface area contributed by atoms with Crippen LogP contribution in [0, 0.1) is 6.92 Å². The van der Waals surface area contributed by atoms with Crippen LogP contribution in [0.25, 0.3) is 0 Å². The highest BCUT2D eigenvalue weighted by molar-refractivity contribution is 9.10. The minimum Gasteiger partial charge on any atom is -0.465 e. The number of benzene rings is 2. The number of nitrogens with one attached hydrogen (secondary N) is 1. The highest BCUT2D eigenvalue weighted by Crippen LogP contribution is 2.22. The Kier molecular flexibility index (Phi) is 5.80. The third kappa shape index (κ3) is 4.24. The second-order valence-electron chi connectivity index (χ2n) is 4.97. The highest BCUT2D eigenvalue weighted by atomic mass is 79.9. The molecule has 1 N–H and O–H groups in total. The summed E-state index contributed by atoms with van der Waals surface area (Å²) >= 11 is 3.31. The molecule has 0 spiro atoms. The van der Waals surface area contributed by atoms with Crippen LogP contribution in [-0.4, -0.2) is 21.5 Å². The summed E-state index contributed by atoms with van der Waals surface area (Å²) in [6.45, 7) is 1.85. The van der Waals surface area contributed by atoms with Gasteiger partial charge in [0.05, 0.1) is 12.0 Å². The van der Waals surface area contributed by atoms with E-state index in [1.54, 1.807) is 36.4 Å². The number of rotatable bonds is 5. The van der Waals surface area contributed by atoms with Crippen molar-refractivity contribution in [1.29, 1.82) is 0 Å². The zero-order valence-corrected chi connectivity index (χ0v) is 15.5. The average molecular weight is 410 g/mol. The van der Waals surface area contributed by atoms with E-state index in [1.807, 2.05) is 6.92 Å². The summed E-state index contributed by atoms with van der Waals surface area (Å²) in [6.07, 6.45) is 1.14. The Hall–Kier alpha value is -2.12. The molecule has 7 heteroatoms. The summed E-state index contributed by atoms with van der Waals surface area (Å²) in [5, 5.41) is 2.81. The van der Waals surface area contributed by atoms with Crippen LogP contribution in [0.1, 0.15) is 5.56 Å². The summed E-state index contributed by atoms with van der Waals surface area (Å²) in [6, 6.07) is 13.3. The minimum absolute atomic E-state index is 0.0300. The second kappa shape index (κ2) is 7.63. The molecule has 0 fully saturated rings. The second-order valence-corrected chi connectivity index (χ2v) is 7.80. The summed E-state index contributed by atoms with van der Waals surface area (Å²) in [7, 11) is -2.85. The molecular weight excluding hydrogens is 394 g/mol. The monoisotopic (exact) mass is 409 g/mol. The zero-order valence-electron chi connectivity index (χ0n) is 13.1. The van der Waals surface area contributed by atoms with Crippen molar-refractivity contribution in [1.82, 2.24) is 0 Å². The van der Waals surface area contributed by atoms with Crippen molar-refractivity contribution in [2.75, 3.05) is 12.4 Å². The summed E-state index contributed by atoms with van der Waals surface area (Å²) in [5.41, 5.74) is 1.56. The number of anilines is 1. The SMILES string of the molecule is COC(=O)/C(=C/Nc1ccc(Br)cc1)S(=O)(=O)c1ccc(C)cc1. The van der Waals surface area contributed by atoms with Gasteiger partial charge in [-0.3, -0.25) is 0 Å². The minimum atomic E-state index is -3.99. The number of methoxy groups -OCH3 is 1. The van der Waals surface area contributed by atoms with E-state index >= 15 is 0 Å². The van der Waals surface area contributed by atoms with Crippen molar-refractivity contribution >= 4 is 37.4 Å². The van der Waals surface area contributed by atoms with Crippen LogP contribution >= 0.6 is 15.9 Å². The van der Waals surface area contributed by atoms with Crippen LogP contribution in [0.5, 0.6) is 0 Å². The molecular formula is C17H16BrNO4S. The first-order valence-corrected chi connectivity index (χ1v) is 9.24. The number of ether oxygens (including phenoxy) is 1. The third-order valence-corrected chi connectivity index (χ3v) is 5.51. The maximum absolute atomic E-state index is 12.7. The van der Waals surface area contributed by atoms with Crippen LogP contribution in [0.3, 0.4) is 0 Å². The Balaban J connectivity index is 2.40. The van der Waals surface area contributed by atoms with Gasteiger partial charge in [0.25, 0.3) is 0 Å². The Labute approximate surface area is 149 Å². The highest BCUT2D eigenvalue weighted by Gasteiger charge is 2.28. The third-order valence-electron chi connectivity index (χ3n) is 3.22. The van der Waals surface area contributed by atoms with Gasteiger partial charge in [0, 0.05) is 16.4 Å². The van der Waals surface area contributed by atoms with Gasteiger partial charge in [0.1, 0.15) is 0 Å². The van der Waals surface area contributed by atoms with Crippen molar-refractivity contribution in [3.05, 3.63) is 69.7 Å². The lowest BCUT2D eigenvalue weighted by Crippen LogP contribution is -2.17. The molecule has 0 aliphatic carbocycles. The largest absolute Gasteiger partial charge is 0.465 e. The Bertz CT molecular complexity index is 856. The molecule has 0 heterocycles. The number of carbonyl (C=O) groups excluding carboxylic acids is 1. The lowest BCUT2D eigenvalue weighted by atomic mass is 10.2. The van der Waals surface area contributed by atoms with Gasteiger partial charge in [-0.05, 0) is 43.3 Å². The van der Waals surface area contributed by atoms with Gasteiger partial charge in [-0.1, -0.05) is 33.6 Å². The van der Waals surface area contributed by atoms with Crippen LogP contribution in [0.15, 0.2) is 69.0 Å². The van der Waals surface area contributed by atoms with E-state index in [1.165, 1.54) is 12.1 Å². The molecule has 0 unspecified atom stereocenters. The number of aryl methyl sites for hydroxylation is 1. The molecule has 0 bridgehead atoms. The van der Waals surface area contributed by atoms with Gasteiger partial charge < -0.3 is 10.1 Å². The molecule has 2 aromatic rings. The molecule has 0 aliphatic heterocycles. The smallest absolute Gasteiger partial charge is 0.351 e. The Morgan fingerprint density at radius 3 is 2.21 bits per heavy atom. The Morgan fingerprint density at radius 2 is 1.67 bits per heavy atom. The van der Waals surface area contributed by atoms with Gasteiger partial charge in [-0.15, -0.1) is 0 Å². The fourth-order valence-corrected chi connectivity index (χ4v) is 3.42. The van der Waals surface area contributed by atoms with Crippen molar-refractivity contribution in [2.24, 2.45) is 0 Å². The summed E-state index contributed by atoms with van der Waals surface area (Å²) < 4.78 is 30.9. The maximum Gasteiger partial charge on any atom is 0.351 e. The predicted octanol–water partition coefficient (Wildman–Crippen LogP) is 3.66. The molecule has 2 rings (SSSR count). The molecule has 5 nitrogen and oxygen atoms in total. The number of hydrogen-bond donors (Lipinski definition) is 1. The average Bonchev–Trinajstić information content (AvgIpc) is 2.56. The number of hydrogen-bond acceptors (Lipinski definition) is 5. The van der Waals surface area contributed by atoms with Crippen molar-refractivity contribution in [2.45, 2.75) is 11.8 Å². The summed E-state index contributed by atoms with van der Waals surface area (Å²) in [4.78, 5) is 11.5. The molecule has 0 saturated heterocycles. The predicted molar refractivity (Wildman–Crippen MR) is 96.2 cm³/mol. The van der Waals surface area contributed by atoms with Gasteiger partial charge in [-0.25, -0.2) is 13.2 Å². The van der Waals surface area contributed by atoms with Gasteiger partial charge in [-0.2, -0.15) is 0 Å². The number of carbonyl (C=O) groups is 1. The first-order valence-electron chi connectivity index (χ1n) is 6.97. The Morgan fingerprint density at radius 1 is 1.08 bits per heavy atom.